The molecule has 3 N–H and O–H groups in total. The van der Waals surface area contributed by atoms with Crippen molar-refractivity contribution in [3.8, 4) is 0 Å². The molecule has 1 aromatic heterocycles. The van der Waals surface area contributed by atoms with Crippen LogP contribution in [0.25, 0.3) is 0 Å². The highest BCUT2D eigenvalue weighted by molar-refractivity contribution is 14.0. The van der Waals surface area contributed by atoms with Crippen LogP contribution in [0.2, 0.25) is 0 Å². The monoisotopic (exact) mass is 454 g/mol. The normalized spacial score (nSPS) is 16.3. The van der Waals surface area contributed by atoms with Gasteiger partial charge >= 0.3 is 0 Å². The Balaban J connectivity index is 0.00000225. The molecule has 1 aliphatic heterocycles. The Labute approximate surface area is 166 Å². The number of aromatic amines is 1. The fourth-order valence-electron chi connectivity index (χ4n) is 3.16. The quantitative estimate of drug-likeness (QED) is 0.357. The van der Waals surface area contributed by atoms with Gasteiger partial charge in [0.05, 0.1) is 18.3 Å². The van der Waals surface area contributed by atoms with E-state index in [-0.39, 0.29) is 24.0 Å². The highest BCUT2D eigenvalue weighted by Gasteiger charge is 2.23. The number of hydrogen-bond donors (Lipinski definition) is 3. The molecule has 1 unspecified atom stereocenters. The molecule has 136 valence electrons. The van der Waals surface area contributed by atoms with Gasteiger partial charge in [-0.15, -0.1) is 24.0 Å². The van der Waals surface area contributed by atoms with Gasteiger partial charge in [0.25, 0.3) is 0 Å². The molecule has 1 aromatic carbocycles. The van der Waals surface area contributed by atoms with Crippen molar-refractivity contribution >= 4 is 29.9 Å². The number of nitrogens with zero attached hydrogens (tertiary/aromatic N) is 3. The van der Waals surface area contributed by atoms with E-state index < -0.39 is 0 Å². The zero-order valence-electron chi connectivity index (χ0n) is 14.6. The largest absolute Gasteiger partial charge is 0.354 e. The van der Waals surface area contributed by atoms with Crippen molar-refractivity contribution in [2.45, 2.75) is 25.4 Å². The SMILES string of the molecule is CN=C(NCc1ccn[nH]1)NCC(c1ccccc1)N1CCCC1.I. The first kappa shape index (κ1) is 19.7. The molecule has 3 rings (SSSR count). The van der Waals surface area contributed by atoms with Gasteiger partial charge in [-0.2, -0.15) is 5.10 Å². The van der Waals surface area contributed by atoms with E-state index in [1.807, 2.05) is 6.07 Å². The maximum absolute atomic E-state index is 4.32. The van der Waals surface area contributed by atoms with E-state index in [9.17, 15) is 0 Å². The molecule has 2 aromatic rings. The van der Waals surface area contributed by atoms with Crippen LogP contribution in [0.3, 0.4) is 0 Å². The summed E-state index contributed by atoms with van der Waals surface area (Å²) >= 11 is 0. The van der Waals surface area contributed by atoms with Crippen molar-refractivity contribution < 1.29 is 0 Å². The molecule has 0 aliphatic carbocycles. The van der Waals surface area contributed by atoms with Crippen LogP contribution < -0.4 is 10.6 Å². The second-order valence-corrected chi connectivity index (χ2v) is 6.06. The van der Waals surface area contributed by atoms with E-state index in [0.29, 0.717) is 12.6 Å². The molecule has 0 amide bonds. The fraction of sp³-hybridized carbons (Fsp3) is 0.444. The summed E-state index contributed by atoms with van der Waals surface area (Å²) in [6.07, 6.45) is 4.33. The Morgan fingerprint density at radius 3 is 2.60 bits per heavy atom. The Morgan fingerprint density at radius 1 is 1.20 bits per heavy atom. The Bertz CT molecular complexity index is 622. The van der Waals surface area contributed by atoms with Gasteiger partial charge in [0.1, 0.15) is 0 Å². The zero-order chi connectivity index (χ0) is 16.6. The van der Waals surface area contributed by atoms with Crippen molar-refractivity contribution in [1.29, 1.82) is 0 Å². The van der Waals surface area contributed by atoms with Gasteiger partial charge in [0, 0.05) is 19.8 Å². The topological polar surface area (TPSA) is 68.3 Å². The molecule has 0 saturated carbocycles. The van der Waals surface area contributed by atoms with Crippen LogP contribution in [0.5, 0.6) is 0 Å². The number of nitrogens with one attached hydrogen (secondary N) is 3. The molecule has 25 heavy (non-hydrogen) atoms. The lowest BCUT2D eigenvalue weighted by atomic mass is 10.1. The van der Waals surface area contributed by atoms with Crippen LogP contribution in [0, 0.1) is 0 Å². The molecule has 0 spiro atoms. The highest BCUT2D eigenvalue weighted by Crippen LogP contribution is 2.24. The van der Waals surface area contributed by atoms with Crippen molar-refractivity contribution in [1.82, 2.24) is 25.7 Å². The average molecular weight is 454 g/mol. The van der Waals surface area contributed by atoms with Crippen LogP contribution in [-0.4, -0.2) is 47.7 Å². The first-order chi connectivity index (χ1) is 11.9. The number of rotatable bonds is 6. The summed E-state index contributed by atoms with van der Waals surface area (Å²) in [4.78, 5) is 6.88. The maximum Gasteiger partial charge on any atom is 0.191 e. The third kappa shape index (κ3) is 5.71. The Kier molecular flexibility index (Phi) is 8.20. The van der Waals surface area contributed by atoms with Crippen LogP contribution in [-0.2, 0) is 6.54 Å². The summed E-state index contributed by atoms with van der Waals surface area (Å²) < 4.78 is 0. The molecule has 1 fully saturated rings. The van der Waals surface area contributed by atoms with Gasteiger partial charge in [0.2, 0.25) is 0 Å². The number of hydrogen-bond acceptors (Lipinski definition) is 3. The van der Waals surface area contributed by atoms with E-state index in [1.54, 1.807) is 13.2 Å². The summed E-state index contributed by atoms with van der Waals surface area (Å²) in [5.74, 6) is 0.810. The summed E-state index contributed by atoms with van der Waals surface area (Å²) in [6.45, 7) is 3.86. The molecule has 1 aliphatic rings. The minimum absolute atomic E-state index is 0. The summed E-state index contributed by atoms with van der Waals surface area (Å²) in [6, 6.07) is 13.1. The number of likely N-dealkylation sites (tertiary alicyclic amines) is 1. The van der Waals surface area contributed by atoms with Gasteiger partial charge in [-0.25, -0.2) is 0 Å². The summed E-state index contributed by atoms with van der Waals surface area (Å²) in [5.41, 5.74) is 2.40. The van der Waals surface area contributed by atoms with Crippen LogP contribution >= 0.6 is 24.0 Å². The smallest absolute Gasteiger partial charge is 0.191 e. The van der Waals surface area contributed by atoms with Crippen molar-refractivity contribution in [2.24, 2.45) is 4.99 Å². The predicted molar refractivity (Wildman–Crippen MR) is 112 cm³/mol. The Morgan fingerprint density at radius 2 is 1.96 bits per heavy atom. The molecule has 0 radical (unpaired) electrons. The number of halogens is 1. The second-order valence-electron chi connectivity index (χ2n) is 6.06. The minimum atomic E-state index is 0. The standard InChI is InChI=1S/C18H26N6.HI/c1-19-18(20-13-16-9-10-22-23-16)21-14-17(24-11-5-6-12-24)15-7-3-2-4-8-15;/h2-4,7-10,17H,5-6,11-14H2,1H3,(H,22,23)(H2,19,20,21);1H. The van der Waals surface area contributed by atoms with Crippen LogP contribution in [0.15, 0.2) is 47.6 Å². The van der Waals surface area contributed by atoms with Crippen molar-refractivity contribution in [3.63, 3.8) is 0 Å². The van der Waals surface area contributed by atoms with Crippen molar-refractivity contribution in [2.75, 3.05) is 26.7 Å². The lowest BCUT2D eigenvalue weighted by Gasteiger charge is -2.28. The first-order valence-electron chi connectivity index (χ1n) is 8.58. The van der Waals surface area contributed by atoms with Gasteiger partial charge < -0.3 is 10.6 Å². The van der Waals surface area contributed by atoms with E-state index in [2.05, 4.69) is 61.1 Å². The molecule has 6 nitrogen and oxygen atoms in total. The third-order valence-corrected chi connectivity index (χ3v) is 4.46. The van der Waals surface area contributed by atoms with E-state index in [1.165, 1.54) is 31.5 Å². The average Bonchev–Trinajstić information content (AvgIpc) is 3.32. The van der Waals surface area contributed by atoms with E-state index in [0.717, 1.165) is 18.2 Å². The zero-order valence-corrected chi connectivity index (χ0v) is 16.9. The molecular weight excluding hydrogens is 427 g/mol. The van der Waals surface area contributed by atoms with E-state index >= 15 is 0 Å². The molecule has 1 atom stereocenters. The summed E-state index contributed by atoms with van der Waals surface area (Å²) in [7, 11) is 1.80. The van der Waals surface area contributed by atoms with Gasteiger partial charge in [-0.05, 0) is 37.6 Å². The number of aromatic nitrogens is 2. The number of benzene rings is 1. The molecule has 1 saturated heterocycles. The number of H-pyrrole nitrogens is 1. The number of guanidine groups is 1. The van der Waals surface area contributed by atoms with Gasteiger partial charge in [-0.1, -0.05) is 30.3 Å². The molecule has 0 bridgehead atoms. The van der Waals surface area contributed by atoms with E-state index in [4.69, 9.17) is 0 Å². The Hall–Kier alpha value is -1.61. The first-order valence-corrected chi connectivity index (χ1v) is 8.58. The minimum Gasteiger partial charge on any atom is -0.354 e. The predicted octanol–water partition coefficient (Wildman–Crippen LogP) is 2.53. The third-order valence-electron chi connectivity index (χ3n) is 4.46. The highest BCUT2D eigenvalue weighted by atomic mass is 127. The molecule has 7 heteroatoms. The summed E-state index contributed by atoms with van der Waals surface area (Å²) in [5, 5.41) is 13.7. The molecular formula is C18H27IN6. The molecule has 2 heterocycles. The van der Waals surface area contributed by atoms with Gasteiger partial charge in [-0.3, -0.25) is 15.0 Å². The fourth-order valence-corrected chi connectivity index (χ4v) is 3.16. The second kappa shape index (κ2) is 10.4. The van der Waals surface area contributed by atoms with Crippen LogP contribution in [0.1, 0.15) is 30.1 Å². The number of aliphatic imine (C=N–C) groups is 1. The lowest BCUT2D eigenvalue weighted by molar-refractivity contribution is 0.245. The van der Waals surface area contributed by atoms with Crippen LogP contribution in [0.4, 0.5) is 0 Å². The van der Waals surface area contributed by atoms with Crippen molar-refractivity contribution in [3.05, 3.63) is 53.9 Å². The lowest BCUT2D eigenvalue weighted by Crippen LogP contribution is -2.42. The maximum atomic E-state index is 4.32. The van der Waals surface area contributed by atoms with Gasteiger partial charge in [0.15, 0.2) is 5.96 Å².